The van der Waals surface area contributed by atoms with E-state index in [9.17, 15) is 0 Å². The minimum Gasteiger partial charge on any atom is -0.312 e. The number of likely N-dealkylation sites (tertiary alicyclic amines) is 1. The van der Waals surface area contributed by atoms with Crippen LogP contribution < -0.4 is 5.32 Å². The fourth-order valence-corrected chi connectivity index (χ4v) is 3.22. The fourth-order valence-electron chi connectivity index (χ4n) is 3.22. The average Bonchev–Trinajstić information content (AvgIpc) is 2.55. The normalized spacial score (nSPS) is 32.8. The second-order valence-electron chi connectivity index (χ2n) is 5.72. The molecule has 1 aliphatic carbocycles. The van der Waals surface area contributed by atoms with Gasteiger partial charge < -0.3 is 10.2 Å². The largest absolute Gasteiger partial charge is 0.312 e. The highest BCUT2D eigenvalue weighted by Gasteiger charge is 2.22. The zero-order valence-electron chi connectivity index (χ0n) is 10.9. The lowest BCUT2D eigenvalue weighted by Crippen LogP contribution is -2.38. The summed E-state index contributed by atoms with van der Waals surface area (Å²) in [6, 6.07) is 0.812. The lowest BCUT2D eigenvalue weighted by Gasteiger charge is -2.23. The summed E-state index contributed by atoms with van der Waals surface area (Å²) in [4.78, 5) is 2.65. The summed E-state index contributed by atoms with van der Waals surface area (Å²) >= 11 is 0. The molecule has 16 heavy (non-hydrogen) atoms. The highest BCUT2D eigenvalue weighted by Crippen LogP contribution is 2.24. The van der Waals surface area contributed by atoms with Crippen LogP contribution in [0.25, 0.3) is 0 Å². The topological polar surface area (TPSA) is 15.3 Å². The van der Waals surface area contributed by atoms with Crippen molar-refractivity contribution >= 4 is 0 Å². The van der Waals surface area contributed by atoms with E-state index in [-0.39, 0.29) is 0 Å². The third-order valence-corrected chi connectivity index (χ3v) is 4.39. The van der Waals surface area contributed by atoms with Gasteiger partial charge in [0.2, 0.25) is 0 Å². The fraction of sp³-hybridized carbons (Fsp3) is 1.00. The van der Waals surface area contributed by atoms with Crippen LogP contribution >= 0.6 is 0 Å². The van der Waals surface area contributed by atoms with Crippen molar-refractivity contribution in [3.63, 3.8) is 0 Å². The maximum atomic E-state index is 3.76. The molecular weight excluding hydrogens is 196 g/mol. The van der Waals surface area contributed by atoms with Gasteiger partial charge in [0, 0.05) is 19.1 Å². The van der Waals surface area contributed by atoms with Crippen molar-refractivity contribution < 1.29 is 0 Å². The van der Waals surface area contributed by atoms with Crippen LogP contribution in [-0.4, -0.2) is 37.1 Å². The molecule has 0 amide bonds. The Hall–Kier alpha value is -0.0800. The Kier molecular flexibility index (Phi) is 5.11. The summed E-state index contributed by atoms with van der Waals surface area (Å²) in [5.74, 6) is 0.907. The molecule has 1 heterocycles. The molecule has 2 heteroatoms. The molecule has 2 unspecified atom stereocenters. The molecule has 0 radical (unpaired) electrons. The molecule has 0 aromatic heterocycles. The molecule has 2 fully saturated rings. The number of nitrogens with zero attached hydrogens (tertiary/aromatic N) is 1. The standard InChI is InChI=1S/C14H28N2/c1-13-7-6-8-14(13)15-9-12-16-10-4-2-3-5-11-16/h13-15H,2-12H2,1H3. The summed E-state index contributed by atoms with van der Waals surface area (Å²) in [6.07, 6.45) is 10.00. The van der Waals surface area contributed by atoms with E-state index in [0.717, 1.165) is 12.0 Å². The van der Waals surface area contributed by atoms with E-state index in [1.807, 2.05) is 0 Å². The van der Waals surface area contributed by atoms with Crippen molar-refractivity contribution in [3.05, 3.63) is 0 Å². The lowest BCUT2D eigenvalue weighted by molar-refractivity contribution is 0.274. The molecule has 94 valence electrons. The summed E-state index contributed by atoms with van der Waals surface area (Å²) in [5.41, 5.74) is 0. The Morgan fingerprint density at radius 2 is 1.75 bits per heavy atom. The molecule has 2 rings (SSSR count). The molecule has 2 atom stereocenters. The van der Waals surface area contributed by atoms with E-state index in [2.05, 4.69) is 17.1 Å². The number of hydrogen-bond donors (Lipinski definition) is 1. The Morgan fingerprint density at radius 3 is 2.38 bits per heavy atom. The van der Waals surface area contributed by atoms with E-state index in [0.29, 0.717) is 0 Å². The third-order valence-electron chi connectivity index (χ3n) is 4.39. The first-order valence-corrected chi connectivity index (χ1v) is 7.32. The second-order valence-corrected chi connectivity index (χ2v) is 5.72. The van der Waals surface area contributed by atoms with Crippen LogP contribution in [0.5, 0.6) is 0 Å². The number of nitrogens with one attached hydrogen (secondary N) is 1. The van der Waals surface area contributed by atoms with Gasteiger partial charge in [-0.05, 0) is 44.7 Å². The summed E-state index contributed by atoms with van der Waals surface area (Å²) in [5, 5.41) is 3.76. The van der Waals surface area contributed by atoms with Crippen LogP contribution in [0.2, 0.25) is 0 Å². The molecule has 2 aliphatic rings. The number of hydrogen-bond acceptors (Lipinski definition) is 2. The van der Waals surface area contributed by atoms with Crippen LogP contribution in [0.15, 0.2) is 0 Å². The smallest absolute Gasteiger partial charge is 0.0107 e. The van der Waals surface area contributed by atoms with Gasteiger partial charge in [0.15, 0.2) is 0 Å². The molecule has 1 saturated carbocycles. The van der Waals surface area contributed by atoms with Crippen molar-refractivity contribution in [2.75, 3.05) is 26.2 Å². The summed E-state index contributed by atoms with van der Waals surface area (Å²) in [7, 11) is 0. The highest BCUT2D eigenvalue weighted by atomic mass is 15.1. The predicted molar refractivity (Wildman–Crippen MR) is 69.7 cm³/mol. The molecule has 0 aromatic rings. The minimum absolute atomic E-state index is 0.812. The van der Waals surface area contributed by atoms with Gasteiger partial charge in [-0.25, -0.2) is 0 Å². The van der Waals surface area contributed by atoms with Gasteiger partial charge in [-0.3, -0.25) is 0 Å². The van der Waals surface area contributed by atoms with Crippen LogP contribution in [0, 0.1) is 5.92 Å². The van der Waals surface area contributed by atoms with Crippen molar-refractivity contribution in [1.29, 1.82) is 0 Å². The molecule has 0 bridgehead atoms. The lowest BCUT2D eigenvalue weighted by atomic mass is 10.1. The maximum Gasteiger partial charge on any atom is 0.0107 e. The highest BCUT2D eigenvalue weighted by molar-refractivity contribution is 4.80. The molecule has 1 aliphatic heterocycles. The zero-order chi connectivity index (χ0) is 11.2. The Morgan fingerprint density at radius 1 is 1.00 bits per heavy atom. The Bertz CT molecular complexity index is 185. The van der Waals surface area contributed by atoms with E-state index in [1.54, 1.807) is 0 Å². The molecule has 1 N–H and O–H groups in total. The van der Waals surface area contributed by atoms with Gasteiger partial charge in [-0.2, -0.15) is 0 Å². The molecule has 2 nitrogen and oxygen atoms in total. The summed E-state index contributed by atoms with van der Waals surface area (Å²) in [6.45, 7) is 7.54. The Balaban J connectivity index is 1.59. The van der Waals surface area contributed by atoms with Crippen LogP contribution in [0.1, 0.15) is 51.9 Å². The van der Waals surface area contributed by atoms with E-state index < -0.39 is 0 Å². The quantitative estimate of drug-likeness (QED) is 0.790. The van der Waals surface area contributed by atoms with Gasteiger partial charge in [-0.15, -0.1) is 0 Å². The average molecular weight is 224 g/mol. The molecule has 1 saturated heterocycles. The van der Waals surface area contributed by atoms with Gasteiger partial charge in [-0.1, -0.05) is 26.2 Å². The van der Waals surface area contributed by atoms with Gasteiger partial charge in [0.1, 0.15) is 0 Å². The van der Waals surface area contributed by atoms with E-state index in [1.165, 1.54) is 71.1 Å². The van der Waals surface area contributed by atoms with Crippen molar-refractivity contribution in [1.82, 2.24) is 10.2 Å². The van der Waals surface area contributed by atoms with Gasteiger partial charge in [0.25, 0.3) is 0 Å². The van der Waals surface area contributed by atoms with E-state index >= 15 is 0 Å². The predicted octanol–water partition coefficient (Wildman–Crippen LogP) is 2.64. The van der Waals surface area contributed by atoms with Gasteiger partial charge in [0.05, 0.1) is 0 Å². The van der Waals surface area contributed by atoms with Gasteiger partial charge >= 0.3 is 0 Å². The van der Waals surface area contributed by atoms with Crippen molar-refractivity contribution in [2.24, 2.45) is 5.92 Å². The molecular formula is C14H28N2. The van der Waals surface area contributed by atoms with Crippen molar-refractivity contribution in [3.8, 4) is 0 Å². The summed E-state index contributed by atoms with van der Waals surface area (Å²) < 4.78 is 0. The van der Waals surface area contributed by atoms with Crippen molar-refractivity contribution in [2.45, 2.75) is 57.9 Å². The third kappa shape index (κ3) is 3.74. The first-order valence-electron chi connectivity index (χ1n) is 7.32. The molecule has 0 spiro atoms. The monoisotopic (exact) mass is 224 g/mol. The van der Waals surface area contributed by atoms with Crippen LogP contribution in [-0.2, 0) is 0 Å². The SMILES string of the molecule is CC1CCCC1NCCN1CCCCCC1. The minimum atomic E-state index is 0.812. The van der Waals surface area contributed by atoms with Crippen LogP contribution in [0.3, 0.4) is 0 Å². The second kappa shape index (κ2) is 6.61. The maximum absolute atomic E-state index is 3.76. The first-order chi connectivity index (χ1) is 7.86. The number of rotatable bonds is 4. The molecule has 0 aromatic carbocycles. The first kappa shape index (κ1) is 12.4. The van der Waals surface area contributed by atoms with E-state index in [4.69, 9.17) is 0 Å². The zero-order valence-corrected chi connectivity index (χ0v) is 10.9. The Labute approximate surface area is 101 Å². The van der Waals surface area contributed by atoms with Crippen LogP contribution in [0.4, 0.5) is 0 Å².